The van der Waals surface area contributed by atoms with Gasteiger partial charge in [0, 0.05) is 43.0 Å². The van der Waals surface area contributed by atoms with Crippen LogP contribution in [0.25, 0.3) is 22.2 Å². The third kappa shape index (κ3) is 4.79. The van der Waals surface area contributed by atoms with Crippen LogP contribution in [0, 0.1) is 11.9 Å². The number of nitrogens with one attached hydrogen (secondary N) is 2. The van der Waals surface area contributed by atoms with Crippen molar-refractivity contribution in [2.75, 3.05) is 18.9 Å². The molecule has 8 heteroatoms. The van der Waals surface area contributed by atoms with Gasteiger partial charge >= 0.3 is 0 Å². The number of benzene rings is 1. The van der Waals surface area contributed by atoms with Gasteiger partial charge in [0.2, 0.25) is 5.95 Å². The maximum atomic E-state index is 13.1. The number of anilines is 1. The number of fused-ring (bicyclic) bond motifs is 1. The minimum Gasteiger partial charge on any atom is -0.370 e. The van der Waals surface area contributed by atoms with Crippen LogP contribution in [0.1, 0.15) is 35.7 Å². The van der Waals surface area contributed by atoms with Gasteiger partial charge in [-0.15, -0.1) is 0 Å². The van der Waals surface area contributed by atoms with Crippen molar-refractivity contribution in [1.82, 2.24) is 25.3 Å². The molecule has 4 aromatic rings. The molecule has 0 bridgehead atoms. The van der Waals surface area contributed by atoms with Gasteiger partial charge in [0.25, 0.3) is 5.91 Å². The first-order valence-corrected chi connectivity index (χ1v) is 10.8. The van der Waals surface area contributed by atoms with Crippen molar-refractivity contribution in [3.8, 4) is 11.3 Å². The predicted molar refractivity (Wildman–Crippen MR) is 126 cm³/mol. The number of hydrogen-bond donors (Lipinski definition) is 2. The molecule has 0 aliphatic rings. The normalized spacial score (nSPS) is 12.8. The summed E-state index contributed by atoms with van der Waals surface area (Å²) in [4.78, 5) is 29.1. The molecular formula is C25H25FN6O. The van der Waals surface area contributed by atoms with Gasteiger partial charge in [-0.2, -0.15) is 4.39 Å². The van der Waals surface area contributed by atoms with Crippen LogP contribution in [0.15, 0.2) is 61.2 Å². The smallest absolute Gasteiger partial charge is 0.251 e. The maximum absolute atomic E-state index is 13.1. The Bertz CT molecular complexity index is 1280. The second kappa shape index (κ2) is 9.68. The zero-order valence-corrected chi connectivity index (χ0v) is 18.7. The van der Waals surface area contributed by atoms with Crippen molar-refractivity contribution >= 4 is 22.6 Å². The maximum Gasteiger partial charge on any atom is 0.251 e. The van der Waals surface area contributed by atoms with E-state index < -0.39 is 5.95 Å². The van der Waals surface area contributed by atoms with Gasteiger partial charge in [-0.1, -0.05) is 32.0 Å². The minimum absolute atomic E-state index is 0.127. The molecule has 0 radical (unpaired) electrons. The number of para-hydroxylation sites is 1. The summed E-state index contributed by atoms with van der Waals surface area (Å²) < 4.78 is 13.1. The first-order valence-electron chi connectivity index (χ1n) is 10.8. The molecule has 3 heterocycles. The lowest BCUT2D eigenvalue weighted by molar-refractivity contribution is 0.0964. The molecule has 1 aromatic carbocycles. The lowest BCUT2D eigenvalue weighted by atomic mass is 9.87. The van der Waals surface area contributed by atoms with Gasteiger partial charge in [-0.05, 0) is 35.6 Å². The summed E-state index contributed by atoms with van der Waals surface area (Å²) in [5, 5.41) is 6.91. The average molecular weight is 445 g/mol. The van der Waals surface area contributed by atoms with Crippen LogP contribution in [0.3, 0.4) is 0 Å². The Morgan fingerprint density at radius 1 is 1.06 bits per heavy atom. The van der Waals surface area contributed by atoms with Crippen LogP contribution in [-0.2, 0) is 0 Å². The van der Waals surface area contributed by atoms with E-state index in [4.69, 9.17) is 0 Å². The number of carbonyl (C=O) groups excluding carboxylic acids is 1. The lowest BCUT2D eigenvalue weighted by Crippen LogP contribution is -2.19. The van der Waals surface area contributed by atoms with Crippen LogP contribution < -0.4 is 10.6 Å². The van der Waals surface area contributed by atoms with Crippen molar-refractivity contribution in [2.24, 2.45) is 5.92 Å². The number of carbonyl (C=O) groups is 1. The first-order chi connectivity index (χ1) is 16.0. The van der Waals surface area contributed by atoms with Gasteiger partial charge < -0.3 is 10.6 Å². The Hall–Kier alpha value is -3.94. The third-order valence-corrected chi connectivity index (χ3v) is 5.91. The molecule has 0 saturated carbocycles. The molecule has 1 amide bonds. The third-order valence-electron chi connectivity index (χ3n) is 5.91. The summed E-state index contributed by atoms with van der Waals surface area (Å²) in [6.45, 7) is 4.99. The van der Waals surface area contributed by atoms with Crippen LogP contribution in [0.5, 0.6) is 0 Å². The topological polar surface area (TPSA) is 92.7 Å². The molecular weight excluding hydrogens is 419 g/mol. The summed E-state index contributed by atoms with van der Waals surface area (Å²) in [6, 6.07) is 12.5. The number of amides is 1. The summed E-state index contributed by atoms with van der Waals surface area (Å²) in [7, 11) is 1.62. The minimum atomic E-state index is -0.528. The number of pyridine rings is 2. The monoisotopic (exact) mass is 444 g/mol. The molecule has 7 nitrogen and oxygen atoms in total. The predicted octanol–water partition coefficient (Wildman–Crippen LogP) is 4.44. The highest BCUT2D eigenvalue weighted by molar-refractivity contribution is 6.06. The number of nitrogens with zero attached hydrogens (tertiary/aromatic N) is 4. The van der Waals surface area contributed by atoms with Crippen molar-refractivity contribution in [3.05, 3.63) is 78.3 Å². The molecule has 0 spiro atoms. The molecule has 0 fully saturated rings. The fourth-order valence-electron chi connectivity index (χ4n) is 3.79. The Morgan fingerprint density at radius 3 is 2.67 bits per heavy atom. The standard InChI is InChI=1S/C25H25FN6O/c1-15(12-30-23-11-21(31-14-32-23)17-7-8-22(26)29-13-17)16(2)18-5-4-6-19-20(25(33)27-3)9-10-28-24(18)19/h4-11,13-16H,12H2,1-3H3,(H,27,33)(H,30,31,32). The van der Waals surface area contributed by atoms with E-state index >= 15 is 0 Å². The first kappa shape index (κ1) is 22.3. The van der Waals surface area contributed by atoms with Gasteiger partial charge in [0.1, 0.15) is 12.1 Å². The second-order valence-corrected chi connectivity index (χ2v) is 7.99. The molecule has 168 valence electrons. The number of halogens is 1. The fraction of sp³-hybridized carbons (Fsp3) is 0.240. The van der Waals surface area contributed by atoms with Gasteiger partial charge in [0.05, 0.1) is 16.8 Å². The molecule has 2 N–H and O–H groups in total. The van der Waals surface area contributed by atoms with E-state index in [0.717, 1.165) is 22.0 Å². The quantitative estimate of drug-likeness (QED) is 0.410. The van der Waals surface area contributed by atoms with Crippen molar-refractivity contribution in [2.45, 2.75) is 19.8 Å². The van der Waals surface area contributed by atoms with Crippen molar-refractivity contribution in [3.63, 3.8) is 0 Å². The average Bonchev–Trinajstić information content (AvgIpc) is 2.86. The van der Waals surface area contributed by atoms with Crippen LogP contribution in [0.2, 0.25) is 0 Å². The van der Waals surface area contributed by atoms with E-state index in [1.54, 1.807) is 25.4 Å². The van der Waals surface area contributed by atoms with Gasteiger partial charge in [-0.25, -0.2) is 15.0 Å². The number of hydrogen-bond acceptors (Lipinski definition) is 6. The molecule has 33 heavy (non-hydrogen) atoms. The van der Waals surface area contributed by atoms with Crippen LogP contribution in [0.4, 0.5) is 10.2 Å². The van der Waals surface area contributed by atoms with Gasteiger partial charge in [-0.3, -0.25) is 9.78 Å². The molecule has 0 saturated heterocycles. The Balaban J connectivity index is 1.51. The van der Waals surface area contributed by atoms with Crippen LogP contribution in [-0.4, -0.2) is 39.4 Å². The Kier molecular flexibility index (Phi) is 6.53. The zero-order valence-electron chi connectivity index (χ0n) is 18.7. The highest BCUT2D eigenvalue weighted by Gasteiger charge is 2.19. The SMILES string of the molecule is CNC(=O)c1ccnc2c(C(C)C(C)CNc3cc(-c4ccc(F)nc4)ncn3)cccc12. The van der Waals surface area contributed by atoms with E-state index in [1.807, 2.05) is 18.2 Å². The van der Waals surface area contributed by atoms with E-state index in [1.165, 1.54) is 18.6 Å². The fourth-order valence-corrected chi connectivity index (χ4v) is 3.79. The molecule has 3 aromatic heterocycles. The zero-order chi connectivity index (χ0) is 23.4. The van der Waals surface area contributed by atoms with Crippen molar-refractivity contribution in [1.29, 1.82) is 0 Å². The van der Waals surface area contributed by atoms with E-state index in [0.29, 0.717) is 23.6 Å². The summed E-state index contributed by atoms with van der Waals surface area (Å²) >= 11 is 0. The molecule has 2 atom stereocenters. The van der Waals surface area contributed by atoms with Crippen LogP contribution >= 0.6 is 0 Å². The number of aromatic nitrogens is 4. The highest BCUT2D eigenvalue weighted by Crippen LogP contribution is 2.31. The lowest BCUT2D eigenvalue weighted by Gasteiger charge is -2.22. The van der Waals surface area contributed by atoms with E-state index in [9.17, 15) is 9.18 Å². The molecule has 2 unspecified atom stereocenters. The number of rotatable bonds is 7. The Morgan fingerprint density at radius 2 is 1.91 bits per heavy atom. The molecule has 4 rings (SSSR count). The molecule has 0 aliphatic carbocycles. The largest absolute Gasteiger partial charge is 0.370 e. The van der Waals surface area contributed by atoms with E-state index in [-0.39, 0.29) is 17.7 Å². The summed E-state index contributed by atoms with van der Waals surface area (Å²) in [5.74, 6) is 0.446. The summed E-state index contributed by atoms with van der Waals surface area (Å²) in [6.07, 6.45) is 4.61. The highest BCUT2D eigenvalue weighted by atomic mass is 19.1. The molecule has 0 aliphatic heterocycles. The van der Waals surface area contributed by atoms with Gasteiger partial charge in [0.15, 0.2) is 0 Å². The second-order valence-electron chi connectivity index (χ2n) is 7.99. The Labute approximate surface area is 191 Å². The summed E-state index contributed by atoms with van der Waals surface area (Å²) in [5.41, 5.74) is 3.93. The van der Waals surface area contributed by atoms with Crippen molar-refractivity contribution < 1.29 is 9.18 Å². The van der Waals surface area contributed by atoms with E-state index in [2.05, 4.69) is 50.5 Å².